The van der Waals surface area contributed by atoms with Crippen LogP contribution < -0.4 is 5.32 Å². The van der Waals surface area contributed by atoms with E-state index in [-0.39, 0.29) is 6.04 Å². The first-order valence-corrected chi connectivity index (χ1v) is 6.42. The van der Waals surface area contributed by atoms with Gasteiger partial charge < -0.3 is 9.73 Å². The lowest BCUT2D eigenvalue weighted by atomic mass is 10.0. The Bertz CT molecular complexity index is 531. The lowest BCUT2D eigenvalue weighted by Crippen LogP contribution is -2.21. The average Bonchev–Trinajstić information content (AvgIpc) is 2.83. The summed E-state index contributed by atoms with van der Waals surface area (Å²) in [5.74, 6) is 0.360. The van der Waals surface area contributed by atoms with E-state index in [2.05, 4.69) is 5.32 Å². The molecule has 0 aliphatic carbocycles. The zero-order valence-electron chi connectivity index (χ0n) is 11.0. The van der Waals surface area contributed by atoms with E-state index in [0.29, 0.717) is 17.9 Å². The number of furan rings is 1. The maximum Gasteiger partial charge on any atom is 0.126 e. The fourth-order valence-corrected chi connectivity index (χ4v) is 2.07. The number of hydrogen-bond donors (Lipinski definition) is 1. The summed E-state index contributed by atoms with van der Waals surface area (Å²) in [6, 6.07) is 6.90. The van der Waals surface area contributed by atoms with Crippen LogP contribution in [-0.2, 0) is 6.42 Å². The first kappa shape index (κ1) is 13.7. The van der Waals surface area contributed by atoms with Gasteiger partial charge in [-0.05, 0) is 36.4 Å². The van der Waals surface area contributed by atoms with Gasteiger partial charge in [0, 0.05) is 12.5 Å². The fourth-order valence-electron chi connectivity index (χ4n) is 2.07. The molecule has 0 aliphatic heterocycles. The lowest BCUT2D eigenvalue weighted by molar-refractivity contribution is 0.424. The summed E-state index contributed by atoms with van der Waals surface area (Å²) in [7, 11) is 0. The second-order valence-corrected chi connectivity index (χ2v) is 4.35. The van der Waals surface area contributed by atoms with Crippen LogP contribution in [0, 0.1) is 11.6 Å². The Balaban J connectivity index is 2.38. The quantitative estimate of drug-likeness (QED) is 0.889. The molecule has 19 heavy (non-hydrogen) atoms. The molecule has 0 amide bonds. The number of aryl methyl sites for hydroxylation is 1. The fraction of sp³-hybridized carbons (Fsp3) is 0.333. The number of benzene rings is 1. The monoisotopic (exact) mass is 265 g/mol. The van der Waals surface area contributed by atoms with Crippen molar-refractivity contribution in [1.82, 2.24) is 5.32 Å². The number of halogens is 2. The highest BCUT2D eigenvalue weighted by Crippen LogP contribution is 2.25. The lowest BCUT2D eigenvalue weighted by Gasteiger charge is -2.16. The number of nitrogens with one attached hydrogen (secondary N) is 1. The molecule has 0 aliphatic rings. The Morgan fingerprint density at radius 2 is 1.79 bits per heavy atom. The van der Waals surface area contributed by atoms with Crippen molar-refractivity contribution in [2.45, 2.75) is 26.3 Å². The Hall–Kier alpha value is -1.68. The number of rotatable bonds is 5. The van der Waals surface area contributed by atoms with E-state index >= 15 is 0 Å². The SMILES string of the molecule is CCNC(c1cc(F)cc(F)c1)c1ccc(CC)o1. The van der Waals surface area contributed by atoms with Crippen LogP contribution in [0.3, 0.4) is 0 Å². The van der Waals surface area contributed by atoms with E-state index in [4.69, 9.17) is 4.42 Å². The maximum absolute atomic E-state index is 13.3. The van der Waals surface area contributed by atoms with Crippen molar-refractivity contribution in [3.05, 3.63) is 59.1 Å². The van der Waals surface area contributed by atoms with Gasteiger partial charge in [-0.15, -0.1) is 0 Å². The van der Waals surface area contributed by atoms with Crippen LogP contribution in [0.4, 0.5) is 8.78 Å². The van der Waals surface area contributed by atoms with E-state index in [1.165, 1.54) is 12.1 Å². The molecule has 1 N–H and O–H groups in total. The Morgan fingerprint density at radius 1 is 1.11 bits per heavy atom. The minimum atomic E-state index is -0.583. The maximum atomic E-state index is 13.3. The van der Waals surface area contributed by atoms with E-state index in [1.807, 2.05) is 26.0 Å². The van der Waals surface area contributed by atoms with Crippen molar-refractivity contribution in [3.8, 4) is 0 Å². The van der Waals surface area contributed by atoms with E-state index in [0.717, 1.165) is 18.2 Å². The predicted molar refractivity (Wildman–Crippen MR) is 70.0 cm³/mol. The van der Waals surface area contributed by atoms with E-state index < -0.39 is 11.6 Å². The molecule has 0 radical (unpaired) electrons. The third-order valence-corrected chi connectivity index (χ3v) is 2.94. The summed E-state index contributed by atoms with van der Waals surface area (Å²) in [4.78, 5) is 0. The standard InChI is InChI=1S/C15H17F2NO/c1-3-13-5-6-14(19-13)15(18-4-2)10-7-11(16)9-12(17)8-10/h5-9,15,18H,3-4H2,1-2H3. The molecular weight excluding hydrogens is 248 g/mol. The molecule has 1 aromatic carbocycles. The molecule has 4 heteroatoms. The van der Waals surface area contributed by atoms with Crippen LogP contribution in [0.25, 0.3) is 0 Å². The summed E-state index contributed by atoms with van der Waals surface area (Å²) >= 11 is 0. The first-order valence-electron chi connectivity index (χ1n) is 6.42. The second kappa shape index (κ2) is 5.97. The molecule has 1 heterocycles. The summed E-state index contributed by atoms with van der Waals surface area (Å²) in [5.41, 5.74) is 0.524. The third kappa shape index (κ3) is 3.20. The van der Waals surface area contributed by atoms with Crippen molar-refractivity contribution < 1.29 is 13.2 Å². The molecule has 0 fully saturated rings. The van der Waals surface area contributed by atoms with Crippen molar-refractivity contribution in [2.75, 3.05) is 6.54 Å². The molecule has 102 valence electrons. The van der Waals surface area contributed by atoms with Gasteiger partial charge in [-0.2, -0.15) is 0 Å². The largest absolute Gasteiger partial charge is 0.464 e. The van der Waals surface area contributed by atoms with Gasteiger partial charge in [0.25, 0.3) is 0 Å². The molecule has 0 bridgehead atoms. The van der Waals surface area contributed by atoms with E-state index in [1.54, 1.807) is 0 Å². The smallest absolute Gasteiger partial charge is 0.126 e. The van der Waals surface area contributed by atoms with Crippen LogP contribution in [0.5, 0.6) is 0 Å². The second-order valence-electron chi connectivity index (χ2n) is 4.35. The Kier molecular flexibility index (Phi) is 4.32. The average molecular weight is 265 g/mol. The zero-order chi connectivity index (χ0) is 13.8. The minimum absolute atomic E-state index is 0.338. The van der Waals surface area contributed by atoms with Crippen LogP contribution in [-0.4, -0.2) is 6.54 Å². The summed E-state index contributed by atoms with van der Waals surface area (Å²) in [6.45, 7) is 4.60. The molecule has 2 rings (SSSR count). The van der Waals surface area contributed by atoms with Gasteiger partial charge in [0.1, 0.15) is 23.2 Å². The molecule has 0 saturated carbocycles. The highest BCUT2D eigenvalue weighted by molar-refractivity contribution is 5.28. The minimum Gasteiger partial charge on any atom is -0.464 e. The van der Waals surface area contributed by atoms with Crippen LogP contribution in [0.2, 0.25) is 0 Å². The number of hydrogen-bond acceptors (Lipinski definition) is 2. The van der Waals surface area contributed by atoms with Gasteiger partial charge in [-0.3, -0.25) is 0 Å². The van der Waals surface area contributed by atoms with Gasteiger partial charge in [0.15, 0.2) is 0 Å². The Labute approximate surface area is 111 Å². The molecule has 1 unspecified atom stereocenters. The van der Waals surface area contributed by atoms with Crippen molar-refractivity contribution in [1.29, 1.82) is 0 Å². The van der Waals surface area contributed by atoms with E-state index in [9.17, 15) is 8.78 Å². The van der Waals surface area contributed by atoms with Gasteiger partial charge in [-0.1, -0.05) is 13.8 Å². The molecular formula is C15H17F2NO. The van der Waals surface area contributed by atoms with Gasteiger partial charge in [0.2, 0.25) is 0 Å². The molecule has 1 aromatic heterocycles. The Morgan fingerprint density at radius 3 is 2.32 bits per heavy atom. The highest BCUT2D eigenvalue weighted by Gasteiger charge is 2.18. The van der Waals surface area contributed by atoms with Crippen LogP contribution in [0.1, 0.15) is 37.0 Å². The summed E-state index contributed by atoms with van der Waals surface area (Å²) in [6.07, 6.45) is 0.788. The normalized spacial score (nSPS) is 12.6. The first-order chi connectivity index (χ1) is 9.13. The molecule has 2 nitrogen and oxygen atoms in total. The molecule has 1 atom stereocenters. The molecule has 0 saturated heterocycles. The summed E-state index contributed by atoms with van der Waals surface area (Å²) < 4.78 is 32.3. The molecule has 2 aromatic rings. The van der Waals surface area contributed by atoms with Crippen LogP contribution in [0.15, 0.2) is 34.7 Å². The summed E-state index contributed by atoms with van der Waals surface area (Å²) in [5, 5.41) is 3.18. The van der Waals surface area contributed by atoms with Gasteiger partial charge >= 0.3 is 0 Å². The van der Waals surface area contributed by atoms with Gasteiger partial charge in [0.05, 0.1) is 6.04 Å². The van der Waals surface area contributed by atoms with Crippen molar-refractivity contribution >= 4 is 0 Å². The molecule has 0 spiro atoms. The van der Waals surface area contributed by atoms with Crippen molar-refractivity contribution in [3.63, 3.8) is 0 Å². The zero-order valence-corrected chi connectivity index (χ0v) is 11.0. The van der Waals surface area contributed by atoms with Crippen molar-refractivity contribution in [2.24, 2.45) is 0 Å². The topological polar surface area (TPSA) is 25.2 Å². The van der Waals surface area contributed by atoms with Gasteiger partial charge in [-0.25, -0.2) is 8.78 Å². The predicted octanol–water partition coefficient (Wildman–Crippen LogP) is 3.82. The third-order valence-electron chi connectivity index (χ3n) is 2.94. The highest BCUT2D eigenvalue weighted by atomic mass is 19.1. The van der Waals surface area contributed by atoms with Crippen LogP contribution >= 0.6 is 0 Å².